The molecule has 0 bridgehead atoms. The molecule has 3 aromatic rings. The SMILES string of the molecule is Cc1cc(N)nc(-c2c(Cl)cc3c(N4CC[C@@H](C#N)C[C@@H]4C)nc(OC[C@@]45CCCN4C[C@H](F)C5)nc3c2F)c1C(F)(F)F. The molecule has 44 heavy (non-hydrogen) atoms. The fourth-order valence-electron chi connectivity index (χ4n) is 7.15. The minimum absolute atomic E-state index is 0.0701. The number of nitrogen functional groups attached to an aromatic ring is 1. The van der Waals surface area contributed by atoms with Crippen LogP contribution in [-0.4, -0.2) is 63.8 Å². The van der Waals surface area contributed by atoms with Gasteiger partial charge in [0.25, 0.3) is 0 Å². The zero-order chi connectivity index (χ0) is 31.6. The van der Waals surface area contributed by atoms with Crippen LogP contribution in [0.2, 0.25) is 5.02 Å². The first-order valence-corrected chi connectivity index (χ1v) is 14.9. The van der Waals surface area contributed by atoms with Gasteiger partial charge in [-0.25, -0.2) is 13.8 Å². The number of alkyl halides is 4. The van der Waals surface area contributed by atoms with Gasteiger partial charge in [-0.05, 0) is 63.8 Å². The summed E-state index contributed by atoms with van der Waals surface area (Å²) in [4.78, 5) is 16.8. The van der Waals surface area contributed by atoms with Crippen LogP contribution in [0, 0.1) is 30.0 Å². The molecule has 3 aliphatic rings. The summed E-state index contributed by atoms with van der Waals surface area (Å²) in [5.74, 6) is -1.25. The number of aryl methyl sites for hydroxylation is 1. The molecule has 14 heteroatoms. The molecule has 5 heterocycles. The van der Waals surface area contributed by atoms with Gasteiger partial charge in [-0.2, -0.15) is 28.4 Å². The van der Waals surface area contributed by atoms with E-state index in [1.165, 1.54) is 13.0 Å². The highest BCUT2D eigenvalue weighted by molar-refractivity contribution is 6.34. The Morgan fingerprint density at radius 1 is 1.23 bits per heavy atom. The number of nitriles is 1. The first-order valence-electron chi connectivity index (χ1n) is 14.5. The van der Waals surface area contributed by atoms with Crippen molar-refractivity contribution in [1.29, 1.82) is 5.26 Å². The largest absolute Gasteiger partial charge is 0.461 e. The van der Waals surface area contributed by atoms with Gasteiger partial charge in [0.05, 0.1) is 33.5 Å². The van der Waals surface area contributed by atoms with Gasteiger partial charge in [0.15, 0.2) is 5.82 Å². The fraction of sp³-hybridized carbons (Fsp3) is 0.533. The Labute approximate surface area is 256 Å². The molecule has 0 amide bonds. The topological polar surface area (TPSA) is 104 Å². The third kappa shape index (κ3) is 5.26. The van der Waals surface area contributed by atoms with Crippen LogP contribution >= 0.6 is 11.6 Å². The summed E-state index contributed by atoms with van der Waals surface area (Å²) in [7, 11) is 0. The van der Waals surface area contributed by atoms with Crippen LogP contribution in [0.15, 0.2) is 12.1 Å². The van der Waals surface area contributed by atoms with E-state index in [9.17, 15) is 22.8 Å². The highest BCUT2D eigenvalue weighted by Crippen LogP contribution is 2.45. The van der Waals surface area contributed by atoms with E-state index in [1.807, 2.05) is 11.8 Å². The van der Waals surface area contributed by atoms with Gasteiger partial charge in [-0.15, -0.1) is 0 Å². The van der Waals surface area contributed by atoms with E-state index in [1.54, 1.807) is 0 Å². The molecule has 8 nitrogen and oxygen atoms in total. The lowest BCUT2D eigenvalue weighted by Crippen LogP contribution is -2.43. The van der Waals surface area contributed by atoms with Crippen LogP contribution in [-0.2, 0) is 6.18 Å². The van der Waals surface area contributed by atoms with Crippen molar-refractivity contribution in [3.8, 4) is 23.3 Å². The van der Waals surface area contributed by atoms with E-state index in [4.69, 9.17) is 22.1 Å². The highest BCUT2D eigenvalue weighted by atomic mass is 35.5. The number of aromatic nitrogens is 3. The summed E-state index contributed by atoms with van der Waals surface area (Å²) in [5, 5.41) is 9.32. The second-order valence-electron chi connectivity index (χ2n) is 12.1. The van der Waals surface area contributed by atoms with Gasteiger partial charge in [0.1, 0.15) is 29.9 Å². The molecular weight excluding hydrogens is 605 g/mol. The highest BCUT2D eigenvalue weighted by Gasteiger charge is 2.49. The Balaban J connectivity index is 1.51. The number of pyridine rings is 1. The third-order valence-electron chi connectivity index (χ3n) is 9.16. The van der Waals surface area contributed by atoms with Crippen molar-refractivity contribution < 1.29 is 26.7 Å². The number of anilines is 2. The Morgan fingerprint density at radius 3 is 2.70 bits per heavy atom. The van der Waals surface area contributed by atoms with Crippen LogP contribution in [0.1, 0.15) is 50.2 Å². The molecule has 0 spiro atoms. The standard InChI is InChI=1S/C30H31ClF5N7O/c1-15-8-21(38)39-26(23(15)30(34,35)36)22-20(31)10-19-25(24(22)33)40-28(41-27(19)43-7-4-17(12-37)9-16(43)2)44-14-29-5-3-6-42(29)13-18(32)11-29/h8,10,16-18H,3-7,9,11,13-14H2,1-2H3,(H2,38,39)/t16-,17+,18+,29-/m0/s1. The lowest BCUT2D eigenvalue weighted by atomic mass is 9.92. The van der Waals surface area contributed by atoms with Gasteiger partial charge < -0.3 is 15.4 Å². The normalized spacial score (nSPS) is 25.8. The summed E-state index contributed by atoms with van der Waals surface area (Å²) in [5.41, 5.74) is 2.24. The predicted molar refractivity (Wildman–Crippen MR) is 156 cm³/mol. The minimum atomic E-state index is -4.88. The van der Waals surface area contributed by atoms with Gasteiger partial charge in [0.2, 0.25) is 0 Å². The maximum Gasteiger partial charge on any atom is 0.418 e. The Bertz CT molecular complexity index is 1660. The summed E-state index contributed by atoms with van der Waals surface area (Å²) >= 11 is 6.55. The van der Waals surface area contributed by atoms with E-state index >= 15 is 4.39 Å². The smallest absolute Gasteiger partial charge is 0.418 e. The Hall–Kier alpha value is -3.50. The maximum absolute atomic E-state index is 16.6. The van der Waals surface area contributed by atoms with Gasteiger partial charge in [-0.3, -0.25) is 4.90 Å². The number of rotatable bonds is 5. The second-order valence-corrected chi connectivity index (χ2v) is 12.5. The summed E-state index contributed by atoms with van der Waals surface area (Å²) in [6, 6.07) is 4.32. The van der Waals surface area contributed by atoms with E-state index in [0.717, 1.165) is 25.5 Å². The average molecular weight is 636 g/mol. The van der Waals surface area contributed by atoms with Crippen molar-refractivity contribution in [1.82, 2.24) is 19.9 Å². The van der Waals surface area contributed by atoms with Crippen molar-refractivity contribution in [3.63, 3.8) is 0 Å². The molecule has 3 aliphatic heterocycles. The molecule has 6 rings (SSSR count). The predicted octanol–water partition coefficient (Wildman–Crippen LogP) is 6.48. The second kappa shape index (κ2) is 11.1. The number of benzene rings is 1. The molecule has 3 fully saturated rings. The zero-order valence-electron chi connectivity index (χ0n) is 24.2. The lowest BCUT2D eigenvalue weighted by molar-refractivity contribution is -0.137. The monoisotopic (exact) mass is 635 g/mol. The summed E-state index contributed by atoms with van der Waals surface area (Å²) < 4.78 is 79.7. The van der Waals surface area contributed by atoms with Gasteiger partial charge in [-0.1, -0.05) is 11.6 Å². The number of ether oxygens (including phenoxy) is 1. The maximum atomic E-state index is 16.6. The molecule has 2 N–H and O–H groups in total. The van der Waals surface area contributed by atoms with Crippen LogP contribution in [0.5, 0.6) is 6.01 Å². The van der Waals surface area contributed by atoms with E-state index in [0.29, 0.717) is 32.4 Å². The number of nitrogens with two attached hydrogens (primary N) is 1. The van der Waals surface area contributed by atoms with Crippen LogP contribution in [0.3, 0.4) is 0 Å². The van der Waals surface area contributed by atoms with Crippen LogP contribution in [0.25, 0.3) is 22.2 Å². The molecule has 3 saturated heterocycles. The van der Waals surface area contributed by atoms with Crippen LogP contribution in [0.4, 0.5) is 33.6 Å². The molecular formula is C30H31ClF5N7O. The van der Waals surface area contributed by atoms with Gasteiger partial charge in [0, 0.05) is 36.9 Å². The molecule has 234 valence electrons. The molecule has 0 aliphatic carbocycles. The van der Waals surface area contributed by atoms with Crippen molar-refractivity contribution in [2.45, 2.75) is 69.9 Å². The summed E-state index contributed by atoms with van der Waals surface area (Å²) in [6.45, 7) is 4.66. The number of halogens is 6. The van der Waals surface area contributed by atoms with Gasteiger partial charge >= 0.3 is 12.2 Å². The number of hydrogen-bond donors (Lipinski definition) is 1. The Morgan fingerprint density at radius 2 is 2.00 bits per heavy atom. The molecule has 0 saturated carbocycles. The van der Waals surface area contributed by atoms with E-state index < -0.39 is 40.5 Å². The van der Waals surface area contributed by atoms with E-state index in [-0.39, 0.29) is 57.7 Å². The first-order chi connectivity index (χ1) is 20.8. The number of nitrogens with zero attached hydrogens (tertiary/aromatic N) is 6. The molecule has 0 radical (unpaired) electrons. The Kier molecular flexibility index (Phi) is 7.73. The average Bonchev–Trinajstić information content (AvgIpc) is 3.46. The molecule has 2 aromatic heterocycles. The quantitative estimate of drug-likeness (QED) is 0.318. The van der Waals surface area contributed by atoms with Crippen molar-refractivity contribution in [2.75, 3.05) is 36.9 Å². The van der Waals surface area contributed by atoms with Crippen molar-refractivity contribution in [3.05, 3.63) is 34.1 Å². The number of piperidine rings is 1. The molecule has 4 atom stereocenters. The zero-order valence-corrected chi connectivity index (χ0v) is 24.9. The lowest BCUT2D eigenvalue weighted by Gasteiger charge is -2.37. The van der Waals surface area contributed by atoms with E-state index in [2.05, 4.69) is 25.9 Å². The molecule has 0 unspecified atom stereocenters. The number of fused-ring (bicyclic) bond motifs is 2. The van der Waals surface area contributed by atoms with Crippen molar-refractivity contribution in [2.24, 2.45) is 5.92 Å². The summed E-state index contributed by atoms with van der Waals surface area (Å²) in [6.07, 6.45) is -2.90. The van der Waals surface area contributed by atoms with Crippen molar-refractivity contribution >= 4 is 34.1 Å². The minimum Gasteiger partial charge on any atom is -0.461 e. The first kappa shape index (κ1) is 30.5. The molecule has 1 aromatic carbocycles. The van der Waals surface area contributed by atoms with Crippen LogP contribution < -0.4 is 15.4 Å². The number of hydrogen-bond acceptors (Lipinski definition) is 8. The fourth-order valence-corrected chi connectivity index (χ4v) is 7.43. The third-order valence-corrected chi connectivity index (χ3v) is 9.46.